The van der Waals surface area contributed by atoms with E-state index in [2.05, 4.69) is 4.98 Å². The van der Waals surface area contributed by atoms with Crippen LogP contribution in [0.4, 0.5) is 5.69 Å². The van der Waals surface area contributed by atoms with E-state index in [0.29, 0.717) is 17.1 Å². The Kier molecular flexibility index (Phi) is 5.19. The predicted molar refractivity (Wildman–Crippen MR) is 93.0 cm³/mol. The van der Waals surface area contributed by atoms with Crippen LogP contribution in [-0.2, 0) is 11.3 Å². The Morgan fingerprint density at radius 2 is 1.92 bits per heavy atom. The van der Waals surface area contributed by atoms with E-state index in [-0.39, 0.29) is 17.9 Å². The Morgan fingerprint density at radius 1 is 1.08 bits per heavy atom. The summed E-state index contributed by atoms with van der Waals surface area (Å²) in [5.41, 5.74) is 0.611. The number of aromatic nitrogens is 1. The molecule has 0 amide bonds. The molecule has 0 saturated carbocycles. The number of ether oxygens (including phenoxy) is 2. The fourth-order valence-corrected chi connectivity index (χ4v) is 2.23. The minimum atomic E-state index is -0.648. The molecule has 0 aliphatic carbocycles. The van der Waals surface area contributed by atoms with Crippen LogP contribution in [0.5, 0.6) is 11.5 Å². The number of pyridine rings is 1. The third-order valence-electron chi connectivity index (χ3n) is 3.49. The van der Waals surface area contributed by atoms with E-state index in [0.717, 1.165) is 0 Å². The zero-order chi connectivity index (χ0) is 18.4. The maximum Gasteiger partial charge on any atom is 0.338 e. The van der Waals surface area contributed by atoms with Crippen molar-refractivity contribution in [1.82, 2.24) is 4.98 Å². The van der Waals surface area contributed by atoms with Crippen LogP contribution >= 0.6 is 0 Å². The molecule has 3 rings (SSSR count). The number of non-ortho nitro benzene ring substituents is 1. The first kappa shape index (κ1) is 17.1. The smallest absolute Gasteiger partial charge is 0.338 e. The molecule has 0 radical (unpaired) electrons. The van der Waals surface area contributed by atoms with Gasteiger partial charge in [0.05, 0.1) is 16.7 Å². The Morgan fingerprint density at radius 3 is 2.69 bits per heavy atom. The average molecular weight is 350 g/mol. The van der Waals surface area contributed by atoms with Gasteiger partial charge in [-0.15, -0.1) is 0 Å². The number of carbonyl (C=O) groups is 1. The van der Waals surface area contributed by atoms with Gasteiger partial charge in [0.25, 0.3) is 5.69 Å². The number of nitro benzene ring substituents is 1. The summed E-state index contributed by atoms with van der Waals surface area (Å²) in [6, 6.07) is 16.0. The van der Waals surface area contributed by atoms with Gasteiger partial charge in [-0.25, -0.2) is 4.79 Å². The van der Waals surface area contributed by atoms with Gasteiger partial charge >= 0.3 is 5.97 Å². The molecule has 0 N–H and O–H groups in total. The van der Waals surface area contributed by atoms with Crippen LogP contribution in [0.2, 0.25) is 0 Å². The molecular weight excluding hydrogens is 336 g/mol. The van der Waals surface area contributed by atoms with Crippen LogP contribution in [0.3, 0.4) is 0 Å². The Bertz CT molecular complexity index is 928. The first-order valence-corrected chi connectivity index (χ1v) is 7.71. The second-order valence-corrected chi connectivity index (χ2v) is 5.28. The highest BCUT2D eigenvalue weighted by molar-refractivity contribution is 5.90. The number of para-hydroxylation sites is 1. The van der Waals surface area contributed by atoms with Crippen molar-refractivity contribution in [3.05, 3.63) is 94.3 Å². The molecule has 1 heterocycles. The lowest BCUT2D eigenvalue weighted by Gasteiger charge is -2.11. The quantitative estimate of drug-likeness (QED) is 0.377. The summed E-state index contributed by atoms with van der Waals surface area (Å²) in [4.78, 5) is 26.4. The standard InChI is InChI=1S/C19H14N2O5/c22-19(14-6-3-7-16(11-14)21(23)24)25-13-15-5-1-2-9-18(15)26-17-8-4-10-20-12-17/h1-12H,13H2. The molecule has 0 spiro atoms. The lowest BCUT2D eigenvalue weighted by Crippen LogP contribution is -2.06. The van der Waals surface area contributed by atoms with Crippen molar-refractivity contribution in [2.24, 2.45) is 0 Å². The highest BCUT2D eigenvalue weighted by Gasteiger charge is 2.14. The van der Waals surface area contributed by atoms with Gasteiger partial charge in [-0.05, 0) is 24.3 Å². The van der Waals surface area contributed by atoms with Gasteiger partial charge in [0, 0.05) is 23.9 Å². The zero-order valence-corrected chi connectivity index (χ0v) is 13.6. The first-order valence-electron chi connectivity index (χ1n) is 7.71. The number of hydrogen-bond donors (Lipinski definition) is 0. The summed E-state index contributed by atoms with van der Waals surface area (Å²) in [7, 11) is 0. The number of benzene rings is 2. The molecule has 0 aliphatic rings. The summed E-state index contributed by atoms with van der Waals surface area (Å²) in [6.45, 7) is -0.0298. The molecule has 0 saturated heterocycles. The summed E-state index contributed by atoms with van der Waals surface area (Å²) in [5, 5.41) is 10.8. The maximum atomic E-state index is 12.2. The van der Waals surface area contributed by atoms with E-state index in [1.807, 2.05) is 0 Å². The molecule has 0 aliphatic heterocycles. The SMILES string of the molecule is O=C(OCc1ccccc1Oc1cccnc1)c1cccc([N+](=O)[O-])c1. The molecule has 7 nitrogen and oxygen atoms in total. The molecule has 0 unspecified atom stereocenters. The summed E-state index contributed by atoms with van der Waals surface area (Å²) in [6.07, 6.45) is 3.21. The van der Waals surface area contributed by atoms with Crippen molar-refractivity contribution in [1.29, 1.82) is 0 Å². The van der Waals surface area contributed by atoms with Crippen LogP contribution in [0.25, 0.3) is 0 Å². The van der Waals surface area contributed by atoms with Crippen molar-refractivity contribution in [2.75, 3.05) is 0 Å². The number of carbonyl (C=O) groups excluding carboxylic acids is 1. The van der Waals surface area contributed by atoms with E-state index in [1.165, 1.54) is 24.3 Å². The third-order valence-corrected chi connectivity index (χ3v) is 3.49. The van der Waals surface area contributed by atoms with E-state index in [1.54, 1.807) is 48.8 Å². The highest BCUT2D eigenvalue weighted by atomic mass is 16.6. The number of hydrogen-bond acceptors (Lipinski definition) is 6. The van der Waals surface area contributed by atoms with Crippen molar-refractivity contribution >= 4 is 11.7 Å². The van der Waals surface area contributed by atoms with Crippen LogP contribution in [0.1, 0.15) is 15.9 Å². The van der Waals surface area contributed by atoms with Gasteiger partial charge in [-0.2, -0.15) is 0 Å². The van der Waals surface area contributed by atoms with Crippen LogP contribution in [-0.4, -0.2) is 15.9 Å². The molecule has 0 bridgehead atoms. The van der Waals surface area contributed by atoms with Gasteiger partial charge in [-0.1, -0.05) is 24.3 Å². The van der Waals surface area contributed by atoms with Crippen molar-refractivity contribution < 1.29 is 19.2 Å². The van der Waals surface area contributed by atoms with Crippen molar-refractivity contribution in [2.45, 2.75) is 6.61 Å². The lowest BCUT2D eigenvalue weighted by molar-refractivity contribution is -0.384. The monoisotopic (exact) mass is 350 g/mol. The van der Waals surface area contributed by atoms with E-state index in [4.69, 9.17) is 9.47 Å². The minimum absolute atomic E-state index is 0.0298. The summed E-state index contributed by atoms with van der Waals surface area (Å²) < 4.78 is 11.0. The maximum absolute atomic E-state index is 12.2. The molecule has 130 valence electrons. The summed E-state index contributed by atoms with van der Waals surface area (Å²) >= 11 is 0. The topological polar surface area (TPSA) is 91.6 Å². The molecule has 7 heteroatoms. The number of esters is 1. The van der Waals surface area contributed by atoms with Crippen LogP contribution in [0, 0.1) is 10.1 Å². The summed E-state index contributed by atoms with van der Waals surface area (Å²) in [5.74, 6) is 0.446. The minimum Gasteiger partial charge on any atom is -0.457 e. The molecule has 0 fully saturated rings. The fraction of sp³-hybridized carbons (Fsp3) is 0.0526. The van der Waals surface area contributed by atoms with Gasteiger partial charge in [0.2, 0.25) is 0 Å². The highest BCUT2D eigenvalue weighted by Crippen LogP contribution is 2.25. The number of rotatable bonds is 6. The van der Waals surface area contributed by atoms with Gasteiger partial charge in [-0.3, -0.25) is 15.1 Å². The van der Waals surface area contributed by atoms with Crippen LogP contribution < -0.4 is 4.74 Å². The average Bonchev–Trinajstić information content (AvgIpc) is 2.68. The molecule has 26 heavy (non-hydrogen) atoms. The third kappa shape index (κ3) is 4.21. The van der Waals surface area contributed by atoms with E-state index in [9.17, 15) is 14.9 Å². The fourth-order valence-electron chi connectivity index (χ4n) is 2.23. The molecule has 3 aromatic rings. The van der Waals surface area contributed by atoms with E-state index >= 15 is 0 Å². The lowest BCUT2D eigenvalue weighted by atomic mass is 10.2. The first-order chi connectivity index (χ1) is 12.6. The van der Waals surface area contributed by atoms with Gasteiger partial charge in [0.15, 0.2) is 0 Å². The van der Waals surface area contributed by atoms with Crippen molar-refractivity contribution in [3.63, 3.8) is 0 Å². The van der Waals surface area contributed by atoms with Gasteiger partial charge < -0.3 is 9.47 Å². The number of nitrogens with zero attached hydrogens (tertiary/aromatic N) is 2. The second-order valence-electron chi connectivity index (χ2n) is 5.28. The molecular formula is C19H14N2O5. The largest absolute Gasteiger partial charge is 0.457 e. The van der Waals surface area contributed by atoms with Gasteiger partial charge in [0.1, 0.15) is 18.1 Å². The predicted octanol–water partition coefficient (Wildman–Crippen LogP) is 4.14. The molecule has 0 atom stereocenters. The molecule has 2 aromatic carbocycles. The Labute approximate surface area is 149 Å². The van der Waals surface area contributed by atoms with Crippen molar-refractivity contribution in [3.8, 4) is 11.5 Å². The Hall–Kier alpha value is -3.74. The normalized spacial score (nSPS) is 10.2. The zero-order valence-electron chi connectivity index (χ0n) is 13.6. The molecule has 1 aromatic heterocycles. The van der Waals surface area contributed by atoms with Crippen LogP contribution in [0.15, 0.2) is 73.1 Å². The Balaban J connectivity index is 1.71. The second kappa shape index (κ2) is 7.89. The number of nitro groups is 1. The van der Waals surface area contributed by atoms with E-state index < -0.39 is 10.9 Å².